The van der Waals surface area contributed by atoms with Crippen LogP contribution in [0.25, 0.3) is 123 Å². The van der Waals surface area contributed by atoms with Gasteiger partial charge in [0.1, 0.15) is 0 Å². The van der Waals surface area contributed by atoms with E-state index in [4.69, 9.17) is 19.9 Å². The summed E-state index contributed by atoms with van der Waals surface area (Å²) in [5.74, 6) is 1.20. The van der Waals surface area contributed by atoms with Crippen molar-refractivity contribution in [3.63, 3.8) is 0 Å². The summed E-state index contributed by atoms with van der Waals surface area (Å²) in [5.41, 5.74) is 20.0. The molecule has 13 aromatic rings. The number of hydrogen-bond acceptors (Lipinski definition) is 4. The van der Waals surface area contributed by atoms with Crippen LogP contribution in [-0.2, 0) is 0 Å². The Labute approximate surface area is 418 Å². The number of fused-ring (bicyclic) bond motifs is 6. The van der Waals surface area contributed by atoms with Crippen LogP contribution in [0.5, 0.6) is 0 Å². The van der Waals surface area contributed by atoms with E-state index < -0.39 is 0 Å². The molecule has 0 saturated carbocycles. The van der Waals surface area contributed by atoms with E-state index in [1.807, 2.05) is 24.3 Å². The third kappa shape index (κ3) is 7.44. The van der Waals surface area contributed by atoms with Crippen molar-refractivity contribution < 1.29 is 0 Å². The summed E-state index contributed by atoms with van der Waals surface area (Å²) in [7, 11) is 0. The average molecular weight is 925 g/mol. The number of rotatable bonds is 8. The summed E-state index contributed by atoms with van der Waals surface area (Å²) in [6.07, 6.45) is 0. The molecule has 0 atom stereocenters. The molecule has 0 saturated heterocycles. The zero-order valence-electron chi connectivity index (χ0n) is 40.5. The van der Waals surface area contributed by atoms with Crippen molar-refractivity contribution in [1.29, 1.82) is 0 Å². The molecule has 72 heavy (non-hydrogen) atoms. The first-order chi connectivity index (χ1) is 35.3. The van der Waals surface area contributed by atoms with E-state index in [9.17, 15) is 0 Å². The van der Waals surface area contributed by atoms with Gasteiger partial charge in [-0.25, -0.2) is 19.9 Å². The molecular weight excluding hydrogens is 877 g/mol. The van der Waals surface area contributed by atoms with Gasteiger partial charge >= 0.3 is 0 Å². The minimum Gasteiger partial charge on any atom is -0.308 e. The first-order valence-electron chi connectivity index (χ1n) is 24.5. The summed E-state index contributed by atoms with van der Waals surface area (Å²) in [6.45, 7) is 8.68. The van der Waals surface area contributed by atoms with Gasteiger partial charge in [0, 0.05) is 49.4 Å². The first kappa shape index (κ1) is 42.8. The molecular formula is C66H48N6. The maximum atomic E-state index is 5.66. The van der Waals surface area contributed by atoms with Gasteiger partial charge in [0.05, 0.1) is 61.8 Å². The fourth-order valence-corrected chi connectivity index (χ4v) is 10.5. The monoisotopic (exact) mass is 924 g/mol. The van der Waals surface area contributed by atoms with Crippen LogP contribution in [0.3, 0.4) is 0 Å². The second-order valence-electron chi connectivity index (χ2n) is 19.0. The van der Waals surface area contributed by atoms with Crippen molar-refractivity contribution >= 4 is 43.6 Å². The summed E-state index contributed by atoms with van der Waals surface area (Å²) in [5, 5.41) is 4.69. The highest BCUT2D eigenvalue weighted by Gasteiger charge is 2.27. The number of aryl methyl sites for hydroxylation is 4. The fraction of sp³-hybridized carbons (Fsp3) is 0.0606. The second-order valence-corrected chi connectivity index (χ2v) is 19.0. The average Bonchev–Trinajstić information content (AvgIpc) is 3.91. The molecule has 0 N–H and O–H groups in total. The summed E-state index contributed by atoms with van der Waals surface area (Å²) in [4.78, 5) is 22.3. The highest BCUT2D eigenvalue weighted by molar-refractivity contribution is 6.12. The second kappa shape index (κ2) is 17.3. The van der Waals surface area contributed by atoms with Crippen LogP contribution in [-0.4, -0.2) is 29.1 Å². The SMILES string of the molecule is Cc1ccc2c(c1)c1cc(C)ccc1n2-c1cc(-c2nc(-c3ccccc3)cc(-c3ccccc3)n2)cc(-n2c3ccc(C)cc3c3cc(C)ccc32)c1-c1nc(-c2ccccc2)cc(-c2ccccc2)n1. The molecule has 0 aliphatic carbocycles. The first-order valence-corrected chi connectivity index (χ1v) is 24.5. The zero-order chi connectivity index (χ0) is 48.5. The molecule has 6 heteroatoms. The van der Waals surface area contributed by atoms with Crippen LogP contribution in [0.2, 0.25) is 0 Å². The number of hydrogen-bond donors (Lipinski definition) is 0. The van der Waals surface area contributed by atoms with Gasteiger partial charge < -0.3 is 9.13 Å². The Morgan fingerprint density at radius 2 is 0.542 bits per heavy atom. The van der Waals surface area contributed by atoms with E-state index >= 15 is 0 Å². The minimum absolute atomic E-state index is 0.596. The Morgan fingerprint density at radius 1 is 0.264 bits per heavy atom. The smallest absolute Gasteiger partial charge is 0.164 e. The zero-order valence-corrected chi connectivity index (χ0v) is 40.5. The van der Waals surface area contributed by atoms with E-state index in [0.717, 1.165) is 89.6 Å². The van der Waals surface area contributed by atoms with Crippen molar-refractivity contribution in [2.75, 3.05) is 0 Å². The molecule has 0 fully saturated rings. The molecule has 0 aliphatic rings. The molecule has 342 valence electrons. The van der Waals surface area contributed by atoms with Gasteiger partial charge in [-0.3, -0.25) is 0 Å². The van der Waals surface area contributed by atoms with Crippen molar-refractivity contribution in [3.8, 4) is 79.2 Å². The normalized spacial score (nSPS) is 11.6. The molecule has 13 rings (SSSR count). The van der Waals surface area contributed by atoms with Gasteiger partial charge in [-0.05, 0) is 100 Å². The van der Waals surface area contributed by atoms with Crippen molar-refractivity contribution in [2.24, 2.45) is 0 Å². The van der Waals surface area contributed by atoms with Crippen LogP contribution in [0.1, 0.15) is 22.3 Å². The molecule has 0 radical (unpaired) electrons. The lowest BCUT2D eigenvalue weighted by atomic mass is 10.0. The van der Waals surface area contributed by atoms with E-state index in [0.29, 0.717) is 11.6 Å². The molecule has 0 aliphatic heterocycles. The Kier molecular flexibility index (Phi) is 10.3. The molecule has 4 aromatic heterocycles. The molecule has 0 unspecified atom stereocenters. The van der Waals surface area contributed by atoms with E-state index in [1.165, 1.54) is 43.8 Å². The fourth-order valence-electron chi connectivity index (χ4n) is 10.5. The van der Waals surface area contributed by atoms with Gasteiger partial charge in [-0.15, -0.1) is 0 Å². The molecule has 0 amide bonds. The summed E-state index contributed by atoms with van der Waals surface area (Å²) in [6, 6.07) is 77.6. The van der Waals surface area contributed by atoms with E-state index in [-0.39, 0.29) is 0 Å². The molecule has 0 spiro atoms. The van der Waals surface area contributed by atoms with Crippen molar-refractivity contribution in [3.05, 3.63) is 241 Å². The molecule has 0 bridgehead atoms. The third-order valence-electron chi connectivity index (χ3n) is 13.9. The van der Waals surface area contributed by atoms with Gasteiger partial charge in [-0.2, -0.15) is 0 Å². The standard InChI is InChI=1S/C66H48N6/c1-41-25-29-58-50(33-41)51-34-42(2)26-30-59(51)71(58)62-37-49(65-67-54(45-17-9-5-10-18-45)39-55(68-65)46-19-11-6-12-20-46)38-63(72-60-31-27-43(3)35-52(60)53-36-44(4)28-32-61(53)72)64(62)66-69-56(47-21-13-7-14-22-47)40-57(70-66)48-23-15-8-16-24-48/h5-40H,1-4H3. The lowest BCUT2D eigenvalue weighted by molar-refractivity contribution is 1.09. The van der Waals surface area contributed by atoms with Gasteiger partial charge in [0.15, 0.2) is 11.6 Å². The van der Waals surface area contributed by atoms with Crippen molar-refractivity contribution in [1.82, 2.24) is 29.1 Å². The Bertz CT molecular complexity index is 3850. The number of aromatic nitrogens is 6. The van der Waals surface area contributed by atoms with Crippen molar-refractivity contribution in [2.45, 2.75) is 27.7 Å². The largest absolute Gasteiger partial charge is 0.308 e. The van der Waals surface area contributed by atoms with Crippen LogP contribution in [0, 0.1) is 27.7 Å². The lowest BCUT2D eigenvalue weighted by Crippen LogP contribution is -2.08. The lowest BCUT2D eigenvalue weighted by Gasteiger charge is -2.22. The van der Waals surface area contributed by atoms with Crippen LogP contribution >= 0.6 is 0 Å². The molecule has 9 aromatic carbocycles. The van der Waals surface area contributed by atoms with Crippen LogP contribution in [0.15, 0.2) is 218 Å². The van der Waals surface area contributed by atoms with E-state index in [2.05, 4.69) is 231 Å². The topological polar surface area (TPSA) is 61.4 Å². The number of nitrogens with zero attached hydrogens (tertiary/aromatic N) is 6. The Hall–Kier alpha value is -9.26. The number of benzene rings is 9. The van der Waals surface area contributed by atoms with Crippen LogP contribution < -0.4 is 0 Å². The maximum Gasteiger partial charge on any atom is 0.164 e. The third-order valence-corrected chi connectivity index (χ3v) is 13.9. The van der Waals surface area contributed by atoms with Gasteiger partial charge in [0.25, 0.3) is 0 Å². The highest BCUT2D eigenvalue weighted by atomic mass is 15.0. The summed E-state index contributed by atoms with van der Waals surface area (Å²) >= 11 is 0. The van der Waals surface area contributed by atoms with E-state index in [1.54, 1.807) is 0 Å². The summed E-state index contributed by atoms with van der Waals surface area (Å²) < 4.78 is 4.85. The highest BCUT2D eigenvalue weighted by Crippen LogP contribution is 2.45. The van der Waals surface area contributed by atoms with Crippen LogP contribution in [0.4, 0.5) is 0 Å². The Balaban J connectivity index is 1.25. The quantitative estimate of drug-likeness (QED) is 0.152. The predicted molar refractivity (Wildman–Crippen MR) is 298 cm³/mol. The maximum absolute atomic E-state index is 5.66. The van der Waals surface area contributed by atoms with Gasteiger partial charge in [-0.1, -0.05) is 168 Å². The minimum atomic E-state index is 0.596. The van der Waals surface area contributed by atoms with Gasteiger partial charge in [0.2, 0.25) is 0 Å². The Morgan fingerprint density at radius 3 is 0.833 bits per heavy atom. The predicted octanol–water partition coefficient (Wildman–Crippen LogP) is 16.7. The molecule has 4 heterocycles. The molecule has 6 nitrogen and oxygen atoms in total.